The molecule has 0 amide bonds. The molecule has 4 nitrogen and oxygen atoms in total. The fourth-order valence-electron chi connectivity index (χ4n) is 2.90. The highest BCUT2D eigenvalue weighted by Gasteiger charge is 2.28. The molecule has 2 aromatic carbocycles. The number of methoxy groups -OCH3 is 1. The topological polar surface area (TPSA) is 58.9 Å². The van der Waals surface area contributed by atoms with Crippen molar-refractivity contribution in [3.63, 3.8) is 0 Å². The molecule has 2 aromatic rings. The molecule has 0 aliphatic rings. The lowest BCUT2D eigenvalue weighted by Gasteiger charge is -2.33. The van der Waals surface area contributed by atoms with Crippen molar-refractivity contribution in [1.29, 1.82) is 0 Å². The molecule has 150 valence electrons. The number of benzene rings is 2. The molecular formula is C23H34O4. The quantitative estimate of drug-likeness (QED) is 0.505. The molecule has 0 aliphatic carbocycles. The SMILES string of the molecule is CCCCCC(CC)(CC)Oc1ccccc1O.COc1ccccc1O. The van der Waals surface area contributed by atoms with Crippen LogP contribution in [0.4, 0.5) is 0 Å². The smallest absolute Gasteiger partial charge is 0.161 e. The van der Waals surface area contributed by atoms with Gasteiger partial charge >= 0.3 is 0 Å². The van der Waals surface area contributed by atoms with Gasteiger partial charge in [-0.3, -0.25) is 0 Å². The van der Waals surface area contributed by atoms with E-state index in [1.165, 1.54) is 26.4 Å². The molecule has 0 unspecified atom stereocenters. The predicted octanol–water partition coefficient (Wildman–Crippen LogP) is 6.31. The Kier molecular flexibility index (Phi) is 10.2. The number of hydrogen-bond donors (Lipinski definition) is 2. The Bertz CT molecular complexity index is 650. The summed E-state index contributed by atoms with van der Waals surface area (Å²) in [6.45, 7) is 6.54. The summed E-state index contributed by atoms with van der Waals surface area (Å²) in [5, 5.41) is 18.8. The normalized spacial score (nSPS) is 10.7. The Morgan fingerprint density at radius 2 is 1.30 bits per heavy atom. The van der Waals surface area contributed by atoms with E-state index in [1.807, 2.05) is 18.2 Å². The first kappa shape index (κ1) is 22.7. The van der Waals surface area contributed by atoms with Gasteiger partial charge in [0, 0.05) is 0 Å². The monoisotopic (exact) mass is 374 g/mol. The molecule has 0 heterocycles. The van der Waals surface area contributed by atoms with Gasteiger partial charge < -0.3 is 19.7 Å². The zero-order valence-corrected chi connectivity index (χ0v) is 17.1. The van der Waals surface area contributed by atoms with Gasteiger partial charge in [-0.2, -0.15) is 0 Å². The van der Waals surface area contributed by atoms with E-state index >= 15 is 0 Å². The molecule has 2 rings (SSSR count). The van der Waals surface area contributed by atoms with Gasteiger partial charge in [-0.05, 0) is 49.9 Å². The number of phenols is 2. The van der Waals surface area contributed by atoms with Crippen LogP contribution in [0.25, 0.3) is 0 Å². The van der Waals surface area contributed by atoms with Crippen LogP contribution in [0.15, 0.2) is 48.5 Å². The summed E-state index contributed by atoms with van der Waals surface area (Å²) >= 11 is 0. The first-order valence-corrected chi connectivity index (χ1v) is 9.80. The second kappa shape index (κ2) is 12.1. The van der Waals surface area contributed by atoms with Gasteiger partial charge in [0.2, 0.25) is 0 Å². The molecule has 0 saturated carbocycles. The average Bonchev–Trinajstić information content (AvgIpc) is 2.70. The Hall–Kier alpha value is -2.36. The molecule has 0 atom stereocenters. The number of unbranched alkanes of at least 4 members (excludes halogenated alkanes) is 2. The zero-order chi connectivity index (χ0) is 20.1. The Morgan fingerprint density at radius 1 is 0.778 bits per heavy atom. The van der Waals surface area contributed by atoms with Crippen LogP contribution in [0.3, 0.4) is 0 Å². The van der Waals surface area contributed by atoms with Crippen LogP contribution >= 0.6 is 0 Å². The molecule has 2 N–H and O–H groups in total. The van der Waals surface area contributed by atoms with E-state index in [4.69, 9.17) is 14.6 Å². The molecule has 0 saturated heterocycles. The molecule has 0 aliphatic heterocycles. The maximum absolute atomic E-state index is 9.81. The Balaban J connectivity index is 0.000000337. The summed E-state index contributed by atoms with van der Waals surface area (Å²) in [5.74, 6) is 1.54. The molecule has 0 spiro atoms. The molecule has 4 heteroatoms. The molecule has 0 aromatic heterocycles. The number of para-hydroxylation sites is 4. The van der Waals surface area contributed by atoms with Crippen LogP contribution in [0.2, 0.25) is 0 Å². The van der Waals surface area contributed by atoms with Crippen LogP contribution < -0.4 is 9.47 Å². The van der Waals surface area contributed by atoms with E-state index in [9.17, 15) is 5.11 Å². The molecule has 0 bridgehead atoms. The van der Waals surface area contributed by atoms with Crippen molar-refractivity contribution in [2.24, 2.45) is 0 Å². The van der Waals surface area contributed by atoms with Gasteiger partial charge in [0.1, 0.15) is 5.60 Å². The van der Waals surface area contributed by atoms with Crippen LogP contribution in [0, 0.1) is 0 Å². The highest BCUT2D eigenvalue weighted by molar-refractivity contribution is 5.38. The van der Waals surface area contributed by atoms with Crippen molar-refractivity contribution in [3.05, 3.63) is 48.5 Å². The van der Waals surface area contributed by atoms with Gasteiger partial charge in [-0.25, -0.2) is 0 Å². The summed E-state index contributed by atoms with van der Waals surface area (Å²) < 4.78 is 10.9. The Morgan fingerprint density at radius 3 is 1.70 bits per heavy atom. The molecular weight excluding hydrogens is 340 g/mol. The maximum atomic E-state index is 9.81. The lowest BCUT2D eigenvalue weighted by Crippen LogP contribution is -2.34. The standard InChI is InChI=1S/C16H26O2.C7H8O2/c1-4-7-10-13-16(5-2,6-3)18-15-12-9-8-11-14(15)17;1-9-7-5-3-2-4-6(7)8/h8-9,11-12,17H,4-7,10,13H2,1-3H3;2-5,8H,1H3. The van der Waals surface area contributed by atoms with Gasteiger partial charge in [-0.1, -0.05) is 57.9 Å². The van der Waals surface area contributed by atoms with Crippen molar-refractivity contribution < 1.29 is 19.7 Å². The van der Waals surface area contributed by atoms with Gasteiger partial charge in [0.25, 0.3) is 0 Å². The van der Waals surface area contributed by atoms with E-state index in [2.05, 4.69) is 20.8 Å². The minimum atomic E-state index is -0.131. The lowest BCUT2D eigenvalue weighted by atomic mass is 9.90. The number of phenolic OH excluding ortho intramolecular Hbond substituents is 2. The zero-order valence-electron chi connectivity index (χ0n) is 17.1. The van der Waals surface area contributed by atoms with E-state index in [0.717, 1.165) is 19.3 Å². The second-order valence-corrected chi connectivity index (χ2v) is 6.59. The first-order chi connectivity index (χ1) is 13.0. The fourth-order valence-corrected chi connectivity index (χ4v) is 2.90. The number of rotatable bonds is 9. The summed E-state index contributed by atoms with van der Waals surface area (Å²) in [6.07, 6.45) is 6.66. The lowest BCUT2D eigenvalue weighted by molar-refractivity contribution is 0.0456. The van der Waals surface area contributed by atoms with Crippen molar-refractivity contribution in [2.75, 3.05) is 7.11 Å². The molecule has 27 heavy (non-hydrogen) atoms. The average molecular weight is 375 g/mol. The highest BCUT2D eigenvalue weighted by Crippen LogP contribution is 2.34. The summed E-state index contributed by atoms with van der Waals surface area (Å²) in [6, 6.07) is 14.1. The van der Waals surface area contributed by atoms with E-state index in [0.29, 0.717) is 11.5 Å². The molecule has 0 radical (unpaired) electrons. The maximum Gasteiger partial charge on any atom is 0.161 e. The van der Waals surface area contributed by atoms with Crippen molar-refractivity contribution in [3.8, 4) is 23.0 Å². The van der Waals surface area contributed by atoms with Crippen LogP contribution in [0.1, 0.15) is 59.3 Å². The van der Waals surface area contributed by atoms with Crippen LogP contribution in [-0.4, -0.2) is 22.9 Å². The third-order valence-corrected chi connectivity index (χ3v) is 4.80. The number of aromatic hydroxyl groups is 2. The number of ether oxygens (including phenoxy) is 2. The minimum absolute atomic E-state index is 0.131. The predicted molar refractivity (Wildman–Crippen MR) is 111 cm³/mol. The second-order valence-electron chi connectivity index (χ2n) is 6.59. The van der Waals surface area contributed by atoms with E-state index in [-0.39, 0.29) is 17.1 Å². The summed E-state index contributed by atoms with van der Waals surface area (Å²) in [5.41, 5.74) is -0.131. The van der Waals surface area contributed by atoms with Gasteiger partial charge in [0.15, 0.2) is 23.0 Å². The van der Waals surface area contributed by atoms with Crippen molar-refractivity contribution in [2.45, 2.75) is 64.9 Å². The third kappa shape index (κ3) is 7.41. The first-order valence-electron chi connectivity index (χ1n) is 9.80. The van der Waals surface area contributed by atoms with Crippen molar-refractivity contribution in [1.82, 2.24) is 0 Å². The van der Waals surface area contributed by atoms with Crippen LogP contribution in [-0.2, 0) is 0 Å². The third-order valence-electron chi connectivity index (χ3n) is 4.80. The largest absolute Gasteiger partial charge is 0.504 e. The molecule has 0 fully saturated rings. The van der Waals surface area contributed by atoms with Crippen LogP contribution in [0.5, 0.6) is 23.0 Å². The van der Waals surface area contributed by atoms with E-state index in [1.54, 1.807) is 30.3 Å². The number of hydrogen-bond acceptors (Lipinski definition) is 4. The highest BCUT2D eigenvalue weighted by atomic mass is 16.5. The fraction of sp³-hybridized carbons (Fsp3) is 0.478. The van der Waals surface area contributed by atoms with Gasteiger partial charge in [0.05, 0.1) is 7.11 Å². The van der Waals surface area contributed by atoms with Crippen molar-refractivity contribution >= 4 is 0 Å². The van der Waals surface area contributed by atoms with E-state index < -0.39 is 0 Å². The van der Waals surface area contributed by atoms with Gasteiger partial charge in [-0.15, -0.1) is 0 Å². The Labute approximate surface area is 163 Å². The minimum Gasteiger partial charge on any atom is -0.504 e. The summed E-state index contributed by atoms with van der Waals surface area (Å²) in [7, 11) is 1.52. The summed E-state index contributed by atoms with van der Waals surface area (Å²) in [4.78, 5) is 0.